The van der Waals surface area contributed by atoms with E-state index in [2.05, 4.69) is 329 Å². The molecular weight excluding hydrogens is 1060 g/mol. The standard InChI is InChI=1S/C86H70N2/c1-58-46-66(82-32-16-24-62-20-6-10-28-78(62)82)54-74(50-58)87(75-51-59(2)47-67(55-75)83-33-17-25-63-21-7-11-29-79(63)83)72-40-36-70(37-41-72)86(44-14-5-15-45-86)71-38-42-73(43-39-71)88(76-52-60(3)48-68(56-76)84-34-18-26-64-22-8-12-30-80(64)84)77-53-61(4)49-69(57-77)85-35-19-27-65-23-9-13-31-81(65)85/h6-13,16-43,46-57H,5,14-15,44-45H2,1-4H3. The lowest BCUT2D eigenvalue weighted by Crippen LogP contribution is -2.30. The minimum absolute atomic E-state index is 0.156. The molecule has 14 aromatic rings. The van der Waals surface area contributed by atoms with Gasteiger partial charge in [-0.3, -0.25) is 0 Å². The van der Waals surface area contributed by atoms with Crippen LogP contribution >= 0.6 is 0 Å². The number of benzene rings is 14. The van der Waals surface area contributed by atoms with E-state index in [1.807, 2.05) is 0 Å². The van der Waals surface area contributed by atoms with E-state index in [1.165, 1.54) is 140 Å². The molecule has 1 aliphatic carbocycles. The molecule has 14 aromatic carbocycles. The Morgan fingerprint density at radius 2 is 0.500 bits per heavy atom. The van der Waals surface area contributed by atoms with Crippen LogP contribution in [0.2, 0.25) is 0 Å². The van der Waals surface area contributed by atoms with Crippen LogP contribution in [0.15, 0.2) is 291 Å². The molecule has 0 aliphatic heterocycles. The van der Waals surface area contributed by atoms with E-state index in [4.69, 9.17) is 0 Å². The van der Waals surface area contributed by atoms with Gasteiger partial charge in [-0.25, -0.2) is 0 Å². The van der Waals surface area contributed by atoms with Gasteiger partial charge in [0.25, 0.3) is 0 Å². The normalized spacial score (nSPS) is 13.1. The highest BCUT2D eigenvalue weighted by atomic mass is 15.1. The first-order valence-corrected chi connectivity index (χ1v) is 31.4. The third-order valence-corrected chi connectivity index (χ3v) is 18.7. The number of nitrogens with zero attached hydrogens (tertiary/aromatic N) is 2. The molecule has 0 spiro atoms. The molecule has 1 aliphatic rings. The van der Waals surface area contributed by atoms with E-state index in [0.29, 0.717) is 0 Å². The number of hydrogen-bond acceptors (Lipinski definition) is 2. The smallest absolute Gasteiger partial charge is 0.0470 e. The highest BCUT2D eigenvalue weighted by Gasteiger charge is 2.36. The van der Waals surface area contributed by atoms with Crippen molar-refractivity contribution in [3.8, 4) is 44.5 Å². The Labute approximate surface area is 518 Å². The van der Waals surface area contributed by atoms with E-state index < -0.39 is 0 Å². The zero-order chi connectivity index (χ0) is 59.3. The fraction of sp³-hybridized carbons (Fsp3) is 0.116. The van der Waals surface area contributed by atoms with Crippen molar-refractivity contribution in [1.29, 1.82) is 0 Å². The number of anilines is 6. The Balaban J connectivity index is 0.851. The van der Waals surface area contributed by atoms with Crippen LogP contribution in [0.1, 0.15) is 65.5 Å². The molecule has 0 heterocycles. The van der Waals surface area contributed by atoms with Crippen molar-refractivity contribution in [3.05, 3.63) is 325 Å². The first-order valence-electron chi connectivity index (χ1n) is 31.4. The maximum Gasteiger partial charge on any atom is 0.0470 e. The van der Waals surface area contributed by atoms with Gasteiger partial charge in [-0.15, -0.1) is 0 Å². The number of fused-ring (bicyclic) bond motifs is 4. The van der Waals surface area contributed by atoms with Crippen LogP contribution in [-0.2, 0) is 5.41 Å². The molecule has 0 bridgehead atoms. The van der Waals surface area contributed by atoms with E-state index >= 15 is 0 Å². The Kier molecular flexibility index (Phi) is 14.1. The summed E-state index contributed by atoms with van der Waals surface area (Å²) < 4.78 is 0. The summed E-state index contributed by atoms with van der Waals surface area (Å²) in [4.78, 5) is 5.00. The summed E-state index contributed by atoms with van der Waals surface area (Å²) in [6.07, 6.45) is 5.80. The quantitative estimate of drug-likeness (QED) is 0.120. The van der Waals surface area contributed by atoms with Crippen molar-refractivity contribution in [2.75, 3.05) is 9.80 Å². The Morgan fingerprint density at radius 3 is 0.784 bits per heavy atom. The predicted molar refractivity (Wildman–Crippen MR) is 377 cm³/mol. The fourth-order valence-electron chi connectivity index (χ4n) is 14.8. The second-order valence-electron chi connectivity index (χ2n) is 24.7. The Bertz CT molecular complexity index is 4360. The lowest BCUT2D eigenvalue weighted by Gasteiger charge is -2.39. The number of aryl methyl sites for hydroxylation is 4. The lowest BCUT2D eigenvalue weighted by molar-refractivity contribution is 0.346. The average Bonchev–Trinajstić information content (AvgIpc) is 1.22. The molecule has 0 N–H and O–H groups in total. The predicted octanol–water partition coefficient (Wildman–Crippen LogP) is 24.4. The molecule has 1 saturated carbocycles. The highest BCUT2D eigenvalue weighted by Crippen LogP contribution is 2.49. The van der Waals surface area contributed by atoms with Crippen LogP contribution in [0.4, 0.5) is 34.1 Å². The Morgan fingerprint density at radius 1 is 0.239 bits per heavy atom. The van der Waals surface area contributed by atoms with Crippen LogP contribution in [-0.4, -0.2) is 0 Å². The van der Waals surface area contributed by atoms with Gasteiger partial charge in [0, 0.05) is 39.5 Å². The zero-order valence-corrected chi connectivity index (χ0v) is 50.6. The molecule has 0 saturated heterocycles. The summed E-state index contributed by atoms with van der Waals surface area (Å²) in [5, 5.41) is 10.00. The summed E-state index contributed by atoms with van der Waals surface area (Å²) in [7, 11) is 0. The summed E-state index contributed by atoms with van der Waals surface area (Å²) in [5.74, 6) is 0. The molecule has 0 atom stereocenters. The topological polar surface area (TPSA) is 6.48 Å². The second-order valence-corrected chi connectivity index (χ2v) is 24.7. The summed E-state index contributed by atoms with van der Waals surface area (Å²) in [6, 6.07) is 110. The number of rotatable bonds is 12. The van der Waals surface area contributed by atoms with Gasteiger partial charge < -0.3 is 9.80 Å². The minimum atomic E-state index is -0.156. The van der Waals surface area contributed by atoms with Crippen molar-refractivity contribution in [1.82, 2.24) is 0 Å². The number of hydrogen-bond donors (Lipinski definition) is 0. The van der Waals surface area contributed by atoms with Gasteiger partial charge in [0.05, 0.1) is 0 Å². The van der Waals surface area contributed by atoms with E-state index in [-0.39, 0.29) is 5.41 Å². The van der Waals surface area contributed by atoms with Crippen molar-refractivity contribution in [3.63, 3.8) is 0 Å². The SMILES string of the molecule is Cc1cc(-c2cccc3ccccc23)cc(N(c2ccc(C3(c4ccc(N(c5cc(C)cc(-c6cccc7ccccc67)c5)c5cc(C)cc(-c6cccc7ccccc67)c5)cc4)CCCCC3)cc2)c2cc(C)cc(-c3cccc4ccccc34)c2)c1. The van der Waals surface area contributed by atoms with Gasteiger partial charge in [0.15, 0.2) is 0 Å². The third kappa shape index (κ3) is 10.2. The van der Waals surface area contributed by atoms with E-state index in [9.17, 15) is 0 Å². The maximum absolute atomic E-state index is 2.50. The maximum atomic E-state index is 2.50. The van der Waals surface area contributed by atoms with Crippen LogP contribution in [0.3, 0.4) is 0 Å². The molecule has 1 fully saturated rings. The molecule has 88 heavy (non-hydrogen) atoms. The van der Waals surface area contributed by atoms with Crippen molar-refractivity contribution in [2.24, 2.45) is 0 Å². The van der Waals surface area contributed by atoms with Crippen LogP contribution < -0.4 is 9.80 Å². The van der Waals surface area contributed by atoms with Gasteiger partial charge in [-0.2, -0.15) is 0 Å². The lowest BCUT2D eigenvalue weighted by atomic mass is 9.65. The van der Waals surface area contributed by atoms with Crippen LogP contribution in [0, 0.1) is 27.7 Å². The van der Waals surface area contributed by atoms with Crippen molar-refractivity contribution < 1.29 is 0 Å². The van der Waals surface area contributed by atoms with Gasteiger partial charge in [0.2, 0.25) is 0 Å². The largest absolute Gasteiger partial charge is 0.310 e. The summed E-state index contributed by atoms with van der Waals surface area (Å²) >= 11 is 0. The molecule has 2 nitrogen and oxygen atoms in total. The minimum Gasteiger partial charge on any atom is -0.310 e. The Hall–Kier alpha value is -10.3. The van der Waals surface area contributed by atoms with Crippen LogP contribution in [0.5, 0.6) is 0 Å². The van der Waals surface area contributed by atoms with Gasteiger partial charge in [-0.05, 0) is 234 Å². The van der Waals surface area contributed by atoms with Crippen molar-refractivity contribution >= 4 is 77.2 Å². The van der Waals surface area contributed by atoms with Gasteiger partial charge >= 0.3 is 0 Å². The van der Waals surface area contributed by atoms with E-state index in [0.717, 1.165) is 47.0 Å². The molecule has 0 aromatic heterocycles. The van der Waals surface area contributed by atoms with Crippen molar-refractivity contribution in [2.45, 2.75) is 65.2 Å². The molecule has 15 rings (SSSR count). The molecule has 0 unspecified atom stereocenters. The fourth-order valence-corrected chi connectivity index (χ4v) is 14.8. The molecule has 424 valence electrons. The van der Waals surface area contributed by atoms with Crippen LogP contribution in [0.25, 0.3) is 87.6 Å². The zero-order valence-electron chi connectivity index (χ0n) is 50.6. The molecular formula is C86H70N2. The molecule has 0 amide bonds. The molecule has 2 heteroatoms. The average molecular weight is 1130 g/mol. The highest BCUT2D eigenvalue weighted by molar-refractivity contribution is 6.02. The van der Waals surface area contributed by atoms with Gasteiger partial charge in [0.1, 0.15) is 0 Å². The monoisotopic (exact) mass is 1130 g/mol. The summed E-state index contributed by atoms with van der Waals surface area (Å²) in [5.41, 5.74) is 24.0. The first kappa shape index (κ1) is 54.4. The first-order chi connectivity index (χ1) is 43.2. The third-order valence-electron chi connectivity index (χ3n) is 18.7. The van der Waals surface area contributed by atoms with Gasteiger partial charge in [-0.1, -0.05) is 238 Å². The molecule has 0 radical (unpaired) electrons. The van der Waals surface area contributed by atoms with E-state index in [1.54, 1.807) is 0 Å². The second kappa shape index (κ2) is 22.9. The summed E-state index contributed by atoms with van der Waals surface area (Å²) in [6.45, 7) is 8.96.